The van der Waals surface area contributed by atoms with E-state index in [1.807, 2.05) is 18.2 Å². The Kier molecular flexibility index (Phi) is 10.5. The molecule has 174 valence electrons. The quantitative estimate of drug-likeness (QED) is 0.160. The Hall–Kier alpha value is -2.60. The van der Waals surface area contributed by atoms with E-state index in [1.54, 1.807) is 26.4 Å². The lowest BCUT2D eigenvalue weighted by atomic mass is 10.2. The van der Waals surface area contributed by atoms with Crippen LogP contribution >= 0.6 is 24.0 Å². The first-order valence-corrected chi connectivity index (χ1v) is 10.2. The fourth-order valence-corrected chi connectivity index (χ4v) is 3.26. The Balaban J connectivity index is 0.00000363. The number of nitro benzene ring substituents is 1. The van der Waals surface area contributed by atoms with E-state index in [-0.39, 0.29) is 35.8 Å². The van der Waals surface area contributed by atoms with Crippen LogP contribution in [0, 0.1) is 10.1 Å². The van der Waals surface area contributed by atoms with Gasteiger partial charge in [-0.15, -0.1) is 24.0 Å². The molecular formula is C22H29IN4O5. The van der Waals surface area contributed by atoms with Gasteiger partial charge in [0, 0.05) is 31.8 Å². The van der Waals surface area contributed by atoms with E-state index in [4.69, 9.17) is 14.2 Å². The summed E-state index contributed by atoms with van der Waals surface area (Å²) in [7, 11) is 3.20. The maximum atomic E-state index is 10.8. The normalized spacial score (nSPS) is 15.6. The van der Waals surface area contributed by atoms with Crippen molar-refractivity contribution in [3.05, 3.63) is 63.7 Å². The minimum Gasteiger partial charge on any atom is -0.493 e. The number of non-ortho nitro benzene ring substituents is 1. The molecule has 1 atom stereocenters. The monoisotopic (exact) mass is 556 g/mol. The number of methoxy groups -OCH3 is 2. The lowest BCUT2D eigenvalue weighted by Crippen LogP contribution is -2.40. The van der Waals surface area contributed by atoms with Crippen LogP contribution in [0.3, 0.4) is 0 Å². The average molecular weight is 556 g/mol. The number of nitrogens with zero attached hydrogens (tertiary/aromatic N) is 2. The number of benzene rings is 2. The second-order valence-electron chi connectivity index (χ2n) is 7.15. The summed E-state index contributed by atoms with van der Waals surface area (Å²) in [5.41, 5.74) is 1.97. The van der Waals surface area contributed by atoms with Gasteiger partial charge in [0.25, 0.3) is 5.69 Å². The summed E-state index contributed by atoms with van der Waals surface area (Å²) >= 11 is 0. The Bertz CT molecular complexity index is 902. The number of hydrogen-bond acceptors (Lipinski definition) is 6. The summed E-state index contributed by atoms with van der Waals surface area (Å²) in [6, 6.07) is 12.2. The highest BCUT2D eigenvalue weighted by Crippen LogP contribution is 2.27. The van der Waals surface area contributed by atoms with Crippen molar-refractivity contribution < 1.29 is 19.1 Å². The Labute approximate surface area is 204 Å². The molecule has 0 aliphatic carbocycles. The van der Waals surface area contributed by atoms with Crippen molar-refractivity contribution in [2.75, 3.05) is 27.4 Å². The topological polar surface area (TPSA) is 107 Å². The molecule has 0 bridgehead atoms. The van der Waals surface area contributed by atoms with E-state index >= 15 is 0 Å². The summed E-state index contributed by atoms with van der Waals surface area (Å²) in [5.74, 6) is 1.97. The van der Waals surface area contributed by atoms with Gasteiger partial charge in [0.2, 0.25) is 0 Å². The van der Waals surface area contributed by atoms with Crippen molar-refractivity contribution in [2.45, 2.75) is 32.0 Å². The highest BCUT2D eigenvalue weighted by atomic mass is 127. The fraction of sp³-hybridized carbons (Fsp3) is 0.409. The summed E-state index contributed by atoms with van der Waals surface area (Å²) in [6.07, 6.45) is 2.27. The van der Waals surface area contributed by atoms with E-state index in [9.17, 15) is 10.1 Å². The molecule has 2 N–H and O–H groups in total. The highest BCUT2D eigenvalue weighted by molar-refractivity contribution is 14.0. The molecule has 1 heterocycles. The van der Waals surface area contributed by atoms with Crippen molar-refractivity contribution in [3.8, 4) is 11.5 Å². The smallest absolute Gasteiger partial charge is 0.269 e. The zero-order chi connectivity index (χ0) is 22.1. The number of nitrogens with one attached hydrogen (secondary N) is 2. The number of rotatable bonds is 9. The van der Waals surface area contributed by atoms with E-state index in [2.05, 4.69) is 15.6 Å². The van der Waals surface area contributed by atoms with Crippen molar-refractivity contribution in [1.29, 1.82) is 0 Å². The van der Waals surface area contributed by atoms with Crippen LogP contribution in [-0.2, 0) is 17.8 Å². The van der Waals surface area contributed by atoms with E-state index < -0.39 is 4.92 Å². The number of guanidine groups is 1. The molecule has 10 heteroatoms. The van der Waals surface area contributed by atoms with Crippen LogP contribution in [0.15, 0.2) is 47.5 Å². The molecule has 1 aliphatic heterocycles. The predicted octanol–water partition coefficient (Wildman–Crippen LogP) is 3.64. The second kappa shape index (κ2) is 13.1. The van der Waals surface area contributed by atoms with Gasteiger partial charge in [-0.05, 0) is 36.1 Å². The summed E-state index contributed by atoms with van der Waals surface area (Å²) in [6.45, 7) is 2.39. The van der Waals surface area contributed by atoms with Gasteiger partial charge in [0.05, 0.1) is 31.8 Å². The summed E-state index contributed by atoms with van der Waals surface area (Å²) < 4.78 is 16.3. The van der Waals surface area contributed by atoms with Crippen LogP contribution in [0.5, 0.6) is 11.5 Å². The Morgan fingerprint density at radius 1 is 1.12 bits per heavy atom. The summed E-state index contributed by atoms with van der Waals surface area (Å²) in [5, 5.41) is 17.4. The van der Waals surface area contributed by atoms with Crippen molar-refractivity contribution >= 4 is 35.6 Å². The van der Waals surface area contributed by atoms with Crippen LogP contribution in [0.2, 0.25) is 0 Å². The molecule has 1 saturated heterocycles. The van der Waals surface area contributed by atoms with Gasteiger partial charge in [0.15, 0.2) is 17.5 Å². The first kappa shape index (κ1) is 25.7. The Morgan fingerprint density at radius 3 is 2.47 bits per heavy atom. The maximum absolute atomic E-state index is 10.8. The lowest BCUT2D eigenvalue weighted by molar-refractivity contribution is -0.384. The van der Waals surface area contributed by atoms with Crippen molar-refractivity contribution in [2.24, 2.45) is 4.99 Å². The molecule has 0 spiro atoms. The van der Waals surface area contributed by atoms with Crippen LogP contribution in [0.25, 0.3) is 0 Å². The third kappa shape index (κ3) is 7.52. The first-order valence-electron chi connectivity index (χ1n) is 10.2. The molecule has 0 saturated carbocycles. The van der Waals surface area contributed by atoms with Crippen molar-refractivity contribution in [3.63, 3.8) is 0 Å². The number of ether oxygens (including phenoxy) is 3. The fourth-order valence-electron chi connectivity index (χ4n) is 3.26. The molecule has 2 aromatic carbocycles. The molecule has 32 heavy (non-hydrogen) atoms. The maximum Gasteiger partial charge on any atom is 0.269 e. The van der Waals surface area contributed by atoms with E-state index in [0.29, 0.717) is 37.1 Å². The van der Waals surface area contributed by atoms with Crippen LogP contribution < -0.4 is 20.1 Å². The zero-order valence-corrected chi connectivity index (χ0v) is 20.5. The number of nitro groups is 1. The van der Waals surface area contributed by atoms with Gasteiger partial charge in [-0.1, -0.05) is 18.2 Å². The lowest BCUT2D eigenvalue weighted by Gasteiger charge is -2.16. The minimum atomic E-state index is -0.406. The predicted molar refractivity (Wildman–Crippen MR) is 133 cm³/mol. The van der Waals surface area contributed by atoms with Gasteiger partial charge < -0.3 is 24.8 Å². The van der Waals surface area contributed by atoms with Gasteiger partial charge in [0.1, 0.15) is 0 Å². The highest BCUT2D eigenvalue weighted by Gasteiger charge is 2.15. The molecule has 0 amide bonds. The number of hydrogen-bond donors (Lipinski definition) is 2. The largest absolute Gasteiger partial charge is 0.493 e. The van der Waals surface area contributed by atoms with Crippen LogP contribution in [0.1, 0.15) is 24.0 Å². The minimum absolute atomic E-state index is 0. The molecule has 0 aromatic heterocycles. The number of halogens is 1. The molecule has 2 aromatic rings. The zero-order valence-electron chi connectivity index (χ0n) is 18.2. The third-order valence-electron chi connectivity index (χ3n) is 5.00. The Morgan fingerprint density at radius 2 is 1.84 bits per heavy atom. The third-order valence-corrected chi connectivity index (χ3v) is 5.00. The van der Waals surface area contributed by atoms with Gasteiger partial charge in [-0.2, -0.15) is 0 Å². The molecule has 9 nitrogen and oxygen atoms in total. The molecular weight excluding hydrogens is 527 g/mol. The van der Waals surface area contributed by atoms with Gasteiger partial charge in [-0.3, -0.25) is 10.1 Å². The molecule has 1 aliphatic rings. The average Bonchev–Trinajstić information content (AvgIpc) is 3.32. The first-order chi connectivity index (χ1) is 15.1. The molecule has 1 unspecified atom stereocenters. The molecule has 3 rings (SSSR count). The standard InChI is InChI=1S/C22H28N4O5.HI/c1-29-20-10-7-17(12-21(20)30-2)14-24-22(25-15-19-4-3-11-31-19)23-13-16-5-8-18(9-6-16)26(27)28;/h5-10,12,19H,3-4,11,13-15H2,1-2H3,(H2,23,24,25);1H. The molecule has 0 radical (unpaired) electrons. The number of aliphatic imine (C=N–C) groups is 1. The van der Waals surface area contributed by atoms with Gasteiger partial charge >= 0.3 is 0 Å². The molecule has 1 fully saturated rings. The van der Waals surface area contributed by atoms with E-state index in [1.165, 1.54) is 12.1 Å². The van der Waals surface area contributed by atoms with Crippen LogP contribution in [-0.4, -0.2) is 44.4 Å². The SMILES string of the molecule is COc1ccc(CN=C(NCc2ccc([N+](=O)[O-])cc2)NCC2CCCO2)cc1OC.I. The van der Waals surface area contributed by atoms with E-state index in [0.717, 1.165) is 30.6 Å². The van der Waals surface area contributed by atoms with Crippen LogP contribution in [0.4, 0.5) is 5.69 Å². The second-order valence-corrected chi connectivity index (χ2v) is 7.15. The van der Waals surface area contributed by atoms with Crippen molar-refractivity contribution in [1.82, 2.24) is 10.6 Å². The van der Waals surface area contributed by atoms with Gasteiger partial charge in [-0.25, -0.2) is 4.99 Å². The summed E-state index contributed by atoms with van der Waals surface area (Å²) in [4.78, 5) is 15.1.